The van der Waals surface area contributed by atoms with Gasteiger partial charge in [-0.1, -0.05) is 12.1 Å². The maximum Gasteiger partial charge on any atom is 0.322 e. The van der Waals surface area contributed by atoms with Crippen molar-refractivity contribution in [3.05, 3.63) is 47.9 Å². The smallest absolute Gasteiger partial charge is 0.322 e. The zero-order valence-corrected chi connectivity index (χ0v) is 14.7. The van der Waals surface area contributed by atoms with Gasteiger partial charge in [-0.3, -0.25) is 0 Å². The van der Waals surface area contributed by atoms with Gasteiger partial charge in [0.05, 0.1) is 19.3 Å². The van der Waals surface area contributed by atoms with Gasteiger partial charge < -0.3 is 24.3 Å². The Morgan fingerprint density at radius 2 is 1.92 bits per heavy atom. The summed E-state index contributed by atoms with van der Waals surface area (Å²) in [6.07, 6.45) is 0. The summed E-state index contributed by atoms with van der Waals surface area (Å²) in [5.41, 5.74) is 0.649. The van der Waals surface area contributed by atoms with E-state index in [1.165, 1.54) is 0 Å². The molecule has 24 heavy (non-hydrogen) atoms. The van der Waals surface area contributed by atoms with E-state index in [9.17, 15) is 4.79 Å². The molecule has 0 radical (unpaired) electrons. The number of carbonyl (C=O) groups is 1. The number of anilines is 1. The summed E-state index contributed by atoms with van der Waals surface area (Å²) in [4.78, 5) is 16.5. The summed E-state index contributed by atoms with van der Waals surface area (Å²) in [6, 6.07) is 11.0. The monoisotopic (exact) mass is 331 g/mol. The number of hydrogen-bond donors (Lipinski definition) is 1. The van der Waals surface area contributed by atoms with Gasteiger partial charge in [0.15, 0.2) is 0 Å². The van der Waals surface area contributed by atoms with Crippen molar-refractivity contribution >= 4 is 11.7 Å². The summed E-state index contributed by atoms with van der Waals surface area (Å²) < 4.78 is 10.9. The Hall–Kier alpha value is -2.47. The van der Waals surface area contributed by atoms with Crippen molar-refractivity contribution in [3.63, 3.8) is 0 Å². The molecule has 0 bridgehead atoms. The van der Waals surface area contributed by atoms with Gasteiger partial charge >= 0.3 is 6.03 Å². The lowest BCUT2D eigenvalue weighted by molar-refractivity contribution is 0.196. The van der Waals surface area contributed by atoms with E-state index in [-0.39, 0.29) is 6.03 Å². The van der Waals surface area contributed by atoms with Gasteiger partial charge in [0, 0.05) is 13.1 Å². The lowest BCUT2D eigenvalue weighted by atomic mass is 10.3. The number of hydrogen-bond acceptors (Lipinski definition) is 4. The second kappa shape index (κ2) is 8.40. The minimum absolute atomic E-state index is 0.185. The minimum atomic E-state index is -0.185. The lowest BCUT2D eigenvalue weighted by Crippen LogP contribution is -2.39. The lowest BCUT2D eigenvalue weighted by Gasteiger charge is -2.24. The Morgan fingerprint density at radius 3 is 2.54 bits per heavy atom. The van der Waals surface area contributed by atoms with Gasteiger partial charge in [-0.2, -0.15) is 0 Å². The second-order valence-corrected chi connectivity index (χ2v) is 5.87. The molecule has 6 heteroatoms. The van der Waals surface area contributed by atoms with Crippen LogP contribution in [-0.2, 0) is 6.54 Å². The van der Waals surface area contributed by atoms with Crippen LogP contribution >= 0.6 is 0 Å². The zero-order valence-electron chi connectivity index (χ0n) is 14.7. The molecule has 0 aliphatic heterocycles. The molecule has 6 nitrogen and oxygen atoms in total. The predicted octanol–water partition coefficient (Wildman–Crippen LogP) is 3.19. The number of methoxy groups -OCH3 is 1. The largest absolute Gasteiger partial charge is 0.495 e. The molecule has 2 aromatic rings. The van der Waals surface area contributed by atoms with Gasteiger partial charge in [-0.15, -0.1) is 0 Å². The fraction of sp³-hybridized carbons (Fsp3) is 0.389. The van der Waals surface area contributed by atoms with Crippen LogP contribution in [0.1, 0.15) is 11.5 Å². The fourth-order valence-corrected chi connectivity index (χ4v) is 2.27. The molecule has 1 N–H and O–H groups in total. The van der Waals surface area contributed by atoms with Gasteiger partial charge in [0.25, 0.3) is 0 Å². The van der Waals surface area contributed by atoms with E-state index in [2.05, 4.69) is 5.32 Å². The molecule has 0 aliphatic rings. The van der Waals surface area contributed by atoms with Crippen LogP contribution in [0.15, 0.2) is 40.8 Å². The Balaban J connectivity index is 2.10. The predicted molar refractivity (Wildman–Crippen MR) is 94.4 cm³/mol. The van der Waals surface area contributed by atoms with Crippen LogP contribution in [0.5, 0.6) is 5.75 Å². The van der Waals surface area contributed by atoms with Crippen molar-refractivity contribution in [2.45, 2.75) is 13.5 Å². The molecule has 1 aromatic heterocycles. The van der Waals surface area contributed by atoms with Crippen molar-refractivity contribution in [3.8, 4) is 5.75 Å². The number of nitrogens with zero attached hydrogens (tertiary/aromatic N) is 2. The molecule has 0 unspecified atom stereocenters. The van der Waals surface area contributed by atoms with Crippen molar-refractivity contribution in [1.82, 2.24) is 9.80 Å². The van der Waals surface area contributed by atoms with Crippen molar-refractivity contribution < 1.29 is 13.9 Å². The quantitative estimate of drug-likeness (QED) is 0.846. The molecule has 130 valence electrons. The molecule has 0 fully saturated rings. The SMILES string of the molecule is COc1ccccc1NC(=O)N(CCN(C)C)Cc1ccc(C)o1. The first kappa shape index (κ1) is 17.9. The number of benzene rings is 1. The molecule has 0 saturated heterocycles. The first-order valence-electron chi connectivity index (χ1n) is 7.88. The number of aryl methyl sites for hydroxylation is 1. The third-order valence-electron chi connectivity index (χ3n) is 3.60. The number of furan rings is 1. The highest BCUT2D eigenvalue weighted by Gasteiger charge is 2.17. The zero-order chi connectivity index (χ0) is 17.5. The average molecular weight is 331 g/mol. The number of rotatable bonds is 7. The van der Waals surface area contributed by atoms with Gasteiger partial charge in [0.2, 0.25) is 0 Å². The summed E-state index contributed by atoms with van der Waals surface area (Å²) in [5, 5.41) is 2.91. The number of carbonyl (C=O) groups excluding carboxylic acids is 1. The molecule has 1 heterocycles. The summed E-state index contributed by atoms with van der Waals surface area (Å²) in [7, 11) is 5.54. The second-order valence-electron chi connectivity index (χ2n) is 5.87. The molecule has 2 amide bonds. The van der Waals surface area contributed by atoms with Crippen molar-refractivity contribution in [2.24, 2.45) is 0 Å². The Morgan fingerprint density at radius 1 is 1.17 bits per heavy atom. The highest BCUT2D eigenvalue weighted by atomic mass is 16.5. The van der Waals surface area contributed by atoms with Crippen LogP contribution in [0.2, 0.25) is 0 Å². The maximum absolute atomic E-state index is 12.7. The molecule has 0 atom stereocenters. The summed E-state index contributed by atoms with van der Waals surface area (Å²) in [6.45, 7) is 3.66. The van der Waals surface area contributed by atoms with Gasteiger partial charge in [0.1, 0.15) is 17.3 Å². The fourth-order valence-electron chi connectivity index (χ4n) is 2.27. The number of amides is 2. The third kappa shape index (κ3) is 5.03. The van der Waals surface area contributed by atoms with E-state index >= 15 is 0 Å². The standard InChI is InChI=1S/C18H25N3O3/c1-14-9-10-15(24-14)13-21(12-11-20(2)3)18(22)19-16-7-5-6-8-17(16)23-4/h5-10H,11-13H2,1-4H3,(H,19,22). The third-order valence-corrected chi connectivity index (χ3v) is 3.60. The Kier molecular flexibility index (Phi) is 6.26. The molecule has 0 saturated carbocycles. The van der Waals surface area contributed by atoms with Crippen molar-refractivity contribution in [2.75, 3.05) is 39.6 Å². The van der Waals surface area contributed by atoms with Crippen LogP contribution in [-0.4, -0.2) is 50.1 Å². The number of ether oxygens (including phenoxy) is 1. The van der Waals surface area contributed by atoms with Crippen LogP contribution in [0.3, 0.4) is 0 Å². The van der Waals surface area contributed by atoms with Gasteiger partial charge in [-0.25, -0.2) is 4.79 Å². The van der Waals surface area contributed by atoms with E-state index in [1.807, 2.05) is 62.3 Å². The average Bonchev–Trinajstić information content (AvgIpc) is 2.96. The van der Waals surface area contributed by atoms with Crippen LogP contribution in [0.25, 0.3) is 0 Å². The highest BCUT2D eigenvalue weighted by molar-refractivity contribution is 5.90. The van der Waals surface area contributed by atoms with E-state index < -0.39 is 0 Å². The van der Waals surface area contributed by atoms with E-state index in [4.69, 9.17) is 9.15 Å². The Labute approximate surface area is 143 Å². The maximum atomic E-state index is 12.7. The first-order valence-corrected chi connectivity index (χ1v) is 7.88. The van der Waals surface area contributed by atoms with Crippen LogP contribution in [0, 0.1) is 6.92 Å². The summed E-state index contributed by atoms with van der Waals surface area (Å²) in [5.74, 6) is 2.23. The molecule has 0 spiro atoms. The van der Waals surface area contributed by atoms with E-state index in [0.717, 1.165) is 18.1 Å². The number of para-hydroxylation sites is 2. The first-order chi connectivity index (χ1) is 11.5. The minimum Gasteiger partial charge on any atom is -0.495 e. The van der Waals surface area contributed by atoms with Crippen LogP contribution < -0.4 is 10.1 Å². The molecule has 0 aliphatic carbocycles. The molecule has 1 aromatic carbocycles. The number of likely N-dealkylation sites (N-methyl/N-ethyl adjacent to an activating group) is 1. The molecular weight excluding hydrogens is 306 g/mol. The number of nitrogens with one attached hydrogen (secondary N) is 1. The number of urea groups is 1. The summed E-state index contributed by atoms with van der Waals surface area (Å²) >= 11 is 0. The van der Waals surface area contributed by atoms with Crippen LogP contribution in [0.4, 0.5) is 10.5 Å². The normalized spacial score (nSPS) is 10.7. The van der Waals surface area contributed by atoms with E-state index in [1.54, 1.807) is 12.0 Å². The molecular formula is C18H25N3O3. The van der Waals surface area contributed by atoms with Crippen molar-refractivity contribution in [1.29, 1.82) is 0 Å². The van der Waals surface area contributed by atoms with E-state index in [0.29, 0.717) is 24.5 Å². The van der Waals surface area contributed by atoms with Gasteiger partial charge in [-0.05, 0) is 45.3 Å². The topological polar surface area (TPSA) is 58.0 Å². The highest BCUT2D eigenvalue weighted by Crippen LogP contribution is 2.23. The molecule has 2 rings (SSSR count). The Bertz CT molecular complexity index is 667.